The van der Waals surface area contributed by atoms with E-state index in [1.165, 1.54) is 6.20 Å². The van der Waals surface area contributed by atoms with E-state index in [9.17, 15) is 4.79 Å². The summed E-state index contributed by atoms with van der Waals surface area (Å²) in [5.74, 6) is 0.345. The fourth-order valence-electron chi connectivity index (χ4n) is 1.51. The van der Waals surface area contributed by atoms with Gasteiger partial charge in [-0.1, -0.05) is 0 Å². The third-order valence-corrected chi connectivity index (χ3v) is 2.36. The summed E-state index contributed by atoms with van der Waals surface area (Å²) in [4.78, 5) is 16.1. The maximum absolute atomic E-state index is 11.9. The molecular formula is C16H26N2O3. The number of carbonyl (C=O) groups excluding carboxylic acids is 1. The van der Waals surface area contributed by atoms with Crippen LogP contribution in [-0.2, 0) is 4.74 Å². The SMILES string of the molecule is CC(C)(C)NC(=O)c1ccc(OCCOC(C)(C)C)nc1. The summed E-state index contributed by atoms with van der Waals surface area (Å²) in [6.07, 6.45) is 1.51. The van der Waals surface area contributed by atoms with E-state index in [1.54, 1.807) is 12.1 Å². The van der Waals surface area contributed by atoms with Gasteiger partial charge in [0.2, 0.25) is 5.88 Å². The minimum atomic E-state index is -0.267. The van der Waals surface area contributed by atoms with Crippen LogP contribution in [0.5, 0.6) is 5.88 Å². The molecule has 0 atom stereocenters. The predicted octanol–water partition coefficient (Wildman–Crippen LogP) is 2.80. The quantitative estimate of drug-likeness (QED) is 0.848. The van der Waals surface area contributed by atoms with Crippen LogP contribution in [-0.4, -0.2) is 35.2 Å². The molecule has 1 aromatic rings. The third-order valence-electron chi connectivity index (χ3n) is 2.36. The van der Waals surface area contributed by atoms with Gasteiger partial charge >= 0.3 is 0 Å². The van der Waals surface area contributed by atoms with Crippen LogP contribution in [0.4, 0.5) is 0 Å². The van der Waals surface area contributed by atoms with Crippen LogP contribution in [0.1, 0.15) is 51.9 Å². The molecule has 0 aromatic carbocycles. The first-order chi connectivity index (χ1) is 9.57. The first-order valence-corrected chi connectivity index (χ1v) is 7.12. The van der Waals surface area contributed by atoms with E-state index in [1.807, 2.05) is 41.5 Å². The highest BCUT2D eigenvalue weighted by Crippen LogP contribution is 2.10. The van der Waals surface area contributed by atoms with Crippen molar-refractivity contribution in [3.05, 3.63) is 23.9 Å². The molecule has 1 heterocycles. The Kier molecular flexibility index (Phi) is 5.72. The molecular weight excluding hydrogens is 268 g/mol. The van der Waals surface area contributed by atoms with Gasteiger partial charge in [0.1, 0.15) is 6.61 Å². The highest BCUT2D eigenvalue weighted by Gasteiger charge is 2.15. The first kappa shape index (κ1) is 17.4. The van der Waals surface area contributed by atoms with Gasteiger partial charge in [0.05, 0.1) is 17.8 Å². The maximum atomic E-state index is 11.9. The van der Waals surface area contributed by atoms with Crippen LogP contribution >= 0.6 is 0 Å². The molecule has 5 nitrogen and oxygen atoms in total. The van der Waals surface area contributed by atoms with E-state index < -0.39 is 0 Å². The molecule has 0 spiro atoms. The Morgan fingerprint density at radius 3 is 2.29 bits per heavy atom. The predicted molar refractivity (Wildman–Crippen MR) is 82.7 cm³/mol. The van der Waals surface area contributed by atoms with Gasteiger partial charge < -0.3 is 14.8 Å². The zero-order chi connectivity index (χ0) is 16.1. The summed E-state index contributed by atoms with van der Waals surface area (Å²) in [7, 11) is 0. The maximum Gasteiger partial charge on any atom is 0.253 e. The number of amides is 1. The van der Waals surface area contributed by atoms with Gasteiger partial charge in [-0.05, 0) is 47.6 Å². The zero-order valence-electron chi connectivity index (χ0n) is 13.8. The average Bonchev–Trinajstić information content (AvgIpc) is 2.32. The standard InChI is InChI=1S/C16H26N2O3/c1-15(2,3)18-14(19)12-7-8-13(17-11-12)20-9-10-21-16(4,5)6/h7-8,11H,9-10H2,1-6H3,(H,18,19). The van der Waals surface area contributed by atoms with Crippen LogP contribution in [0.15, 0.2) is 18.3 Å². The molecule has 0 aliphatic carbocycles. The van der Waals surface area contributed by atoms with E-state index in [0.717, 1.165) is 0 Å². The van der Waals surface area contributed by atoms with Gasteiger partial charge in [-0.25, -0.2) is 4.98 Å². The highest BCUT2D eigenvalue weighted by molar-refractivity contribution is 5.94. The van der Waals surface area contributed by atoms with Crippen molar-refractivity contribution in [2.24, 2.45) is 0 Å². The molecule has 0 aliphatic rings. The van der Waals surface area contributed by atoms with E-state index in [4.69, 9.17) is 9.47 Å². The van der Waals surface area contributed by atoms with Gasteiger partial charge in [-0.3, -0.25) is 4.79 Å². The Balaban J connectivity index is 2.45. The monoisotopic (exact) mass is 294 g/mol. The summed E-state index contributed by atoms with van der Waals surface area (Å²) in [6.45, 7) is 12.7. The third kappa shape index (κ3) is 7.66. The van der Waals surface area contributed by atoms with Crippen molar-refractivity contribution in [2.75, 3.05) is 13.2 Å². The fourth-order valence-corrected chi connectivity index (χ4v) is 1.51. The molecule has 0 unspecified atom stereocenters. The molecule has 1 aromatic heterocycles. The van der Waals surface area contributed by atoms with Gasteiger partial charge in [-0.2, -0.15) is 0 Å². The highest BCUT2D eigenvalue weighted by atomic mass is 16.5. The van der Waals surface area contributed by atoms with Gasteiger partial charge in [0.25, 0.3) is 5.91 Å². The Hall–Kier alpha value is -1.62. The Morgan fingerprint density at radius 2 is 1.81 bits per heavy atom. The van der Waals surface area contributed by atoms with Crippen molar-refractivity contribution >= 4 is 5.91 Å². The zero-order valence-corrected chi connectivity index (χ0v) is 13.8. The van der Waals surface area contributed by atoms with E-state index >= 15 is 0 Å². The molecule has 5 heteroatoms. The largest absolute Gasteiger partial charge is 0.475 e. The van der Waals surface area contributed by atoms with Crippen LogP contribution < -0.4 is 10.1 Å². The van der Waals surface area contributed by atoms with Crippen LogP contribution in [0.3, 0.4) is 0 Å². The number of hydrogen-bond donors (Lipinski definition) is 1. The fraction of sp³-hybridized carbons (Fsp3) is 0.625. The van der Waals surface area contributed by atoms with Gasteiger partial charge in [0, 0.05) is 17.8 Å². The first-order valence-electron chi connectivity index (χ1n) is 7.12. The summed E-state index contributed by atoms with van der Waals surface area (Å²) in [6, 6.07) is 3.39. The normalized spacial score (nSPS) is 12.1. The smallest absolute Gasteiger partial charge is 0.253 e. The van der Waals surface area contributed by atoms with Crippen molar-refractivity contribution in [3.8, 4) is 5.88 Å². The molecule has 0 saturated heterocycles. The van der Waals surface area contributed by atoms with E-state index in [0.29, 0.717) is 24.7 Å². The van der Waals surface area contributed by atoms with Crippen LogP contribution in [0.25, 0.3) is 0 Å². The lowest BCUT2D eigenvalue weighted by molar-refractivity contribution is -0.0168. The summed E-state index contributed by atoms with van der Waals surface area (Å²) in [5, 5.41) is 2.88. The number of nitrogens with one attached hydrogen (secondary N) is 1. The average molecular weight is 294 g/mol. The lowest BCUT2D eigenvalue weighted by Crippen LogP contribution is -2.40. The minimum absolute atomic E-state index is 0.141. The van der Waals surface area contributed by atoms with Crippen molar-refractivity contribution in [1.29, 1.82) is 0 Å². The van der Waals surface area contributed by atoms with Crippen molar-refractivity contribution in [2.45, 2.75) is 52.7 Å². The molecule has 0 aliphatic heterocycles. The van der Waals surface area contributed by atoms with Gasteiger partial charge in [-0.15, -0.1) is 0 Å². The Morgan fingerprint density at radius 1 is 1.14 bits per heavy atom. The number of carbonyl (C=O) groups is 1. The molecule has 0 bridgehead atoms. The molecule has 1 rings (SSSR count). The van der Waals surface area contributed by atoms with E-state index in [-0.39, 0.29) is 17.0 Å². The second kappa shape index (κ2) is 6.89. The second-order valence-corrected chi connectivity index (χ2v) is 6.90. The lowest BCUT2D eigenvalue weighted by Gasteiger charge is -2.20. The second-order valence-electron chi connectivity index (χ2n) is 6.90. The molecule has 1 N–H and O–H groups in total. The van der Waals surface area contributed by atoms with Crippen molar-refractivity contribution < 1.29 is 14.3 Å². The van der Waals surface area contributed by atoms with Crippen molar-refractivity contribution in [3.63, 3.8) is 0 Å². The van der Waals surface area contributed by atoms with E-state index in [2.05, 4.69) is 10.3 Å². The molecule has 118 valence electrons. The number of pyridine rings is 1. The van der Waals surface area contributed by atoms with Crippen LogP contribution in [0, 0.1) is 0 Å². The van der Waals surface area contributed by atoms with Crippen LogP contribution in [0.2, 0.25) is 0 Å². The number of rotatable bonds is 5. The molecule has 0 saturated carbocycles. The summed E-state index contributed by atoms with van der Waals surface area (Å²) in [5.41, 5.74) is 0.0746. The number of ether oxygens (including phenoxy) is 2. The number of nitrogens with zero attached hydrogens (tertiary/aromatic N) is 1. The molecule has 0 radical (unpaired) electrons. The Bertz CT molecular complexity index is 456. The number of hydrogen-bond acceptors (Lipinski definition) is 4. The topological polar surface area (TPSA) is 60.5 Å². The molecule has 0 fully saturated rings. The summed E-state index contributed by atoms with van der Waals surface area (Å²) >= 11 is 0. The molecule has 1 amide bonds. The van der Waals surface area contributed by atoms with Gasteiger partial charge in [0.15, 0.2) is 0 Å². The minimum Gasteiger partial charge on any atom is -0.475 e. The lowest BCUT2D eigenvalue weighted by atomic mass is 10.1. The number of aromatic nitrogens is 1. The molecule has 21 heavy (non-hydrogen) atoms. The van der Waals surface area contributed by atoms with Crippen molar-refractivity contribution in [1.82, 2.24) is 10.3 Å². The summed E-state index contributed by atoms with van der Waals surface area (Å²) < 4.78 is 11.0. The Labute approximate surface area is 127 Å².